The third kappa shape index (κ3) is 3.10. The van der Waals surface area contributed by atoms with Crippen LogP contribution in [0.15, 0.2) is 101 Å². The molecule has 0 fully saturated rings. The quantitative estimate of drug-likeness (QED) is 0.340. The van der Waals surface area contributed by atoms with Crippen molar-refractivity contribution in [1.29, 1.82) is 0 Å². The fourth-order valence-corrected chi connectivity index (χ4v) is 5.35. The maximum absolute atomic E-state index is 6.16. The molecular formula is C30H25N3O. The number of allylic oxidation sites excluding steroid dienone is 2. The summed E-state index contributed by atoms with van der Waals surface area (Å²) in [6.07, 6.45) is 5.43. The number of hydrogen-bond acceptors (Lipinski definition) is 4. The van der Waals surface area contributed by atoms with Crippen LogP contribution in [0.3, 0.4) is 0 Å². The van der Waals surface area contributed by atoms with E-state index in [4.69, 9.17) is 14.4 Å². The average Bonchev–Trinajstić information content (AvgIpc) is 3.22. The first kappa shape index (κ1) is 20.5. The second-order valence-electron chi connectivity index (χ2n) is 9.00. The second-order valence-corrected chi connectivity index (χ2v) is 9.00. The summed E-state index contributed by atoms with van der Waals surface area (Å²) in [5, 5.41) is 2.05. The van der Waals surface area contributed by atoms with E-state index in [1.807, 2.05) is 25.1 Å². The fraction of sp³-hybridized carbons (Fsp3) is 0.167. The smallest absolute Gasteiger partial charge is 0.227 e. The number of pyridine rings is 1. The number of benzene rings is 2. The Hall–Kier alpha value is -4.05. The van der Waals surface area contributed by atoms with E-state index in [9.17, 15) is 0 Å². The van der Waals surface area contributed by atoms with Crippen LogP contribution in [0.2, 0.25) is 0 Å². The minimum atomic E-state index is -0.136. The molecule has 0 amide bonds. The molecule has 2 unspecified atom stereocenters. The number of aryl methyl sites for hydroxylation is 2. The van der Waals surface area contributed by atoms with Crippen molar-refractivity contribution in [3.8, 4) is 0 Å². The van der Waals surface area contributed by atoms with Crippen molar-refractivity contribution in [3.63, 3.8) is 0 Å². The summed E-state index contributed by atoms with van der Waals surface area (Å²) in [5.74, 6) is 0.184. The average molecular weight is 444 g/mol. The molecule has 2 aromatic carbocycles. The summed E-state index contributed by atoms with van der Waals surface area (Å²) in [6.45, 7) is 14.4. The second kappa shape index (κ2) is 7.77. The van der Waals surface area contributed by atoms with Crippen LogP contribution < -0.4 is 0 Å². The summed E-state index contributed by atoms with van der Waals surface area (Å²) in [4.78, 5) is 14.6. The lowest BCUT2D eigenvalue weighted by atomic mass is 9.79. The Bertz CT molecular complexity index is 1580. The van der Waals surface area contributed by atoms with E-state index in [1.165, 1.54) is 11.1 Å². The van der Waals surface area contributed by atoms with Gasteiger partial charge in [-0.05, 0) is 67.3 Å². The van der Waals surface area contributed by atoms with Gasteiger partial charge in [-0.25, -0.2) is 4.98 Å². The number of aliphatic imine (C=N–C) groups is 2. The number of nitrogens with zero attached hydrogens (tertiary/aromatic N) is 3. The molecule has 0 radical (unpaired) electrons. The third-order valence-electron chi connectivity index (χ3n) is 6.99. The van der Waals surface area contributed by atoms with Crippen LogP contribution in [-0.4, -0.2) is 22.4 Å². The molecule has 2 aliphatic heterocycles. The molecule has 2 aliphatic rings. The van der Waals surface area contributed by atoms with E-state index in [1.54, 1.807) is 0 Å². The van der Waals surface area contributed by atoms with Gasteiger partial charge in [-0.1, -0.05) is 44.0 Å². The summed E-state index contributed by atoms with van der Waals surface area (Å²) < 4.78 is 6.16. The molecule has 34 heavy (non-hydrogen) atoms. The van der Waals surface area contributed by atoms with Gasteiger partial charge in [-0.2, -0.15) is 0 Å². The van der Waals surface area contributed by atoms with Gasteiger partial charge in [-0.3, -0.25) is 9.98 Å². The van der Waals surface area contributed by atoms with E-state index in [2.05, 4.69) is 67.2 Å². The molecule has 0 spiro atoms. The highest BCUT2D eigenvalue weighted by Gasteiger charge is 2.33. The number of rotatable bonds is 2. The monoisotopic (exact) mass is 443 g/mol. The number of furan rings is 1. The Morgan fingerprint density at radius 3 is 2.62 bits per heavy atom. The van der Waals surface area contributed by atoms with Crippen LogP contribution in [0.1, 0.15) is 40.3 Å². The molecule has 4 nitrogen and oxygen atoms in total. The molecule has 6 rings (SSSR count). The first-order chi connectivity index (χ1) is 16.6. The predicted molar refractivity (Wildman–Crippen MR) is 140 cm³/mol. The number of aromatic nitrogens is 1. The topological polar surface area (TPSA) is 50.8 Å². The number of fused-ring (bicyclic) bond motifs is 7. The molecular weight excluding hydrogens is 418 g/mol. The third-order valence-corrected chi connectivity index (χ3v) is 6.99. The highest BCUT2D eigenvalue weighted by atomic mass is 16.3. The van der Waals surface area contributed by atoms with E-state index in [0.29, 0.717) is 5.71 Å². The molecule has 166 valence electrons. The van der Waals surface area contributed by atoms with Crippen molar-refractivity contribution >= 4 is 33.5 Å². The van der Waals surface area contributed by atoms with Crippen molar-refractivity contribution < 1.29 is 4.42 Å². The highest BCUT2D eigenvalue weighted by molar-refractivity contribution is 6.14. The van der Waals surface area contributed by atoms with Crippen molar-refractivity contribution in [2.75, 3.05) is 0 Å². The minimum absolute atomic E-state index is 0.136. The van der Waals surface area contributed by atoms with Gasteiger partial charge in [0.15, 0.2) is 0 Å². The molecule has 4 aromatic rings. The molecule has 0 bridgehead atoms. The van der Waals surface area contributed by atoms with Gasteiger partial charge in [0.05, 0.1) is 23.2 Å². The lowest BCUT2D eigenvalue weighted by molar-refractivity contribution is 0.540. The fourth-order valence-electron chi connectivity index (χ4n) is 5.35. The highest BCUT2D eigenvalue weighted by Crippen LogP contribution is 2.40. The van der Waals surface area contributed by atoms with E-state index in [-0.39, 0.29) is 12.0 Å². The van der Waals surface area contributed by atoms with Crippen LogP contribution in [-0.2, 0) is 6.42 Å². The normalized spacial score (nSPS) is 21.3. The Kier molecular flexibility index (Phi) is 4.70. The van der Waals surface area contributed by atoms with Crippen molar-refractivity contribution in [1.82, 2.24) is 4.98 Å². The first-order valence-corrected chi connectivity index (χ1v) is 11.6. The Balaban J connectivity index is 1.56. The summed E-state index contributed by atoms with van der Waals surface area (Å²) >= 11 is 0. The molecule has 0 saturated heterocycles. The van der Waals surface area contributed by atoms with E-state index in [0.717, 1.165) is 63.1 Å². The molecule has 2 aromatic heterocycles. The zero-order valence-electron chi connectivity index (χ0n) is 19.2. The van der Waals surface area contributed by atoms with Gasteiger partial charge in [0.25, 0.3) is 0 Å². The molecule has 0 aliphatic carbocycles. The van der Waals surface area contributed by atoms with E-state index < -0.39 is 0 Å². The zero-order chi connectivity index (χ0) is 23.4. The van der Waals surface area contributed by atoms with Crippen molar-refractivity contribution in [3.05, 3.63) is 114 Å². The molecule has 2 atom stereocenters. The summed E-state index contributed by atoms with van der Waals surface area (Å²) in [7, 11) is 0. The Morgan fingerprint density at radius 2 is 1.79 bits per heavy atom. The maximum atomic E-state index is 6.16. The maximum Gasteiger partial charge on any atom is 0.227 e. The minimum Gasteiger partial charge on any atom is -0.438 e. The Morgan fingerprint density at radius 1 is 0.971 bits per heavy atom. The van der Waals surface area contributed by atoms with Gasteiger partial charge < -0.3 is 4.42 Å². The lowest BCUT2D eigenvalue weighted by Crippen LogP contribution is -2.27. The van der Waals surface area contributed by atoms with Gasteiger partial charge in [0.2, 0.25) is 5.71 Å². The van der Waals surface area contributed by atoms with Crippen molar-refractivity contribution in [2.45, 2.75) is 31.7 Å². The standard InChI is InChI=1S/C30H25N3O/c1-5-26-21-10-8-7-9-20(21)22-14-12-19-15-28-25(23-13-11-17(3)31-30(23)34-28)16-24(19)27(6-2)32-18(4)29(22)33-26/h5-11,13,15-16,22,29H,1-2,4,12,14H2,3H3/b32-27-. The van der Waals surface area contributed by atoms with Gasteiger partial charge >= 0.3 is 0 Å². The van der Waals surface area contributed by atoms with Crippen molar-refractivity contribution in [2.24, 2.45) is 9.98 Å². The number of hydrogen-bond donors (Lipinski definition) is 0. The predicted octanol–water partition coefficient (Wildman–Crippen LogP) is 6.87. The van der Waals surface area contributed by atoms with Crippen LogP contribution in [0.25, 0.3) is 22.1 Å². The largest absolute Gasteiger partial charge is 0.438 e. The van der Waals surface area contributed by atoms with Gasteiger partial charge in [0, 0.05) is 33.5 Å². The molecule has 0 saturated carbocycles. The SMILES string of the molecule is C=CC1=NC2C(=C)/N=C(/C=C)c3cc4c(cc3CCC2c2ccccc21)oc1nc(C)ccc14. The van der Waals surface area contributed by atoms with Crippen LogP contribution in [0, 0.1) is 6.92 Å². The summed E-state index contributed by atoms with van der Waals surface area (Å²) in [5.41, 5.74) is 9.58. The van der Waals surface area contributed by atoms with Crippen LogP contribution >= 0.6 is 0 Å². The first-order valence-electron chi connectivity index (χ1n) is 11.6. The van der Waals surface area contributed by atoms with Gasteiger partial charge in [-0.15, -0.1) is 0 Å². The summed E-state index contributed by atoms with van der Waals surface area (Å²) in [6, 6.07) is 16.7. The van der Waals surface area contributed by atoms with Crippen LogP contribution in [0.4, 0.5) is 0 Å². The lowest BCUT2D eigenvalue weighted by Gasteiger charge is -2.31. The molecule has 0 N–H and O–H groups in total. The van der Waals surface area contributed by atoms with Crippen LogP contribution in [0.5, 0.6) is 0 Å². The van der Waals surface area contributed by atoms with E-state index >= 15 is 0 Å². The van der Waals surface area contributed by atoms with Gasteiger partial charge in [0.1, 0.15) is 5.58 Å². The Labute approximate surface area is 198 Å². The molecule has 4 heteroatoms. The molecule has 4 heterocycles. The zero-order valence-corrected chi connectivity index (χ0v) is 19.2.